The number of benzene rings is 1. The van der Waals surface area contributed by atoms with E-state index in [0.717, 1.165) is 6.07 Å². The SMILES string of the molecule is CC(C)c1cc([N+](=O)[O-])cc([N+](=O)[O-])c1. The lowest BCUT2D eigenvalue weighted by atomic mass is 10.0. The van der Waals surface area contributed by atoms with Gasteiger partial charge in [0.05, 0.1) is 15.9 Å². The molecular weight excluding hydrogens is 200 g/mol. The molecule has 15 heavy (non-hydrogen) atoms. The van der Waals surface area contributed by atoms with E-state index in [1.54, 1.807) is 0 Å². The molecule has 0 aliphatic carbocycles. The predicted molar refractivity (Wildman–Crippen MR) is 53.8 cm³/mol. The number of hydrogen-bond acceptors (Lipinski definition) is 4. The molecule has 0 spiro atoms. The fourth-order valence-corrected chi connectivity index (χ4v) is 1.16. The van der Waals surface area contributed by atoms with Gasteiger partial charge in [-0.05, 0) is 11.5 Å². The molecule has 80 valence electrons. The fourth-order valence-electron chi connectivity index (χ4n) is 1.16. The standard InChI is InChI=1S/C9H10N2O4/c1-6(2)7-3-8(10(12)13)5-9(4-7)11(14)15/h3-6H,1-2H3. The van der Waals surface area contributed by atoms with E-state index >= 15 is 0 Å². The van der Waals surface area contributed by atoms with Crippen LogP contribution in [-0.4, -0.2) is 9.85 Å². The van der Waals surface area contributed by atoms with Crippen molar-refractivity contribution in [2.24, 2.45) is 0 Å². The first-order valence-electron chi connectivity index (χ1n) is 4.35. The van der Waals surface area contributed by atoms with E-state index in [0.29, 0.717) is 5.56 Å². The minimum Gasteiger partial charge on any atom is -0.258 e. The summed E-state index contributed by atoms with van der Waals surface area (Å²) in [6, 6.07) is 3.68. The van der Waals surface area contributed by atoms with Crippen molar-refractivity contribution in [2.45, 2.75) is 19.8 Å². The van der Waals surface area contributed by atoms with Gasteiger partial charge in [-0.15, -0.1) is 0 Å². The molecular formula is C9H10N2O4. The summed E-state index contributed by atoms with van der Waals surface area (Å²) in [6.07, 6.45) is 0. The molecule has 6 nitrogen and oxygen atoms in total. The fraction of sp³-hybridized carbons (Fsp3) is 0.333. The molecule has 1 rings (SSSR count). The van der Waals surface area contributed by atoms with Crippen LogP contribution < -0.4 is 0 Å². The van der Waals surface area contributed by atoms with E-state index in [2.05, 4.69) is 0 Å². The monoisotopic (exact) mass is 210 g/mol. The summed E-state index contributed by atoms with van der Waals surface area (Å²) >= 11 is 0. The van der Waals surface area contributed by atoms with Gasteiger partial charge in [0, 0.05) is 12.1 Å². The van der Waals surface area contributed by atoms with Gasteiger partial charge in [0.15, 0.2) is 0 Å². The summed E-state index contributed by atoms with van der Waals surface area (Å²) in [4.78, 5) is 19.8. The first kappa shape index (κ1) is 11.1. The highest BCUT2D eigenvalue weighted by molar-refractivity contribution is 5.47. The summed E-state index contributed by atoms with van der Waals surface area (Å²) in [6.45, 7) is 3.64. The third kappa shape index (κ3) is 2.49. The molecule has 0 amide bonds. The van der Waals surface area contributed by atoms with Crippen molar-refractivity contribution < 1.29 is 9.85 Å². The molecule has 0 fully saturated rings. The minimum absolute atomic E-state index is 0.0172. The van der Waals surface area contributed by atoms with Crippen molar-refractivity contribution in [2.75, 3.05) is 0 Å². The van der Waals surface area contributed by atoms with E-state index in [4.69, 9.17) is 0 Å². The highest BCUT2D eigenvalue weighted by Gasteiger charge is 2.17. The van der Waals surface area contributed by atoms with Crippen LogP contribution in [0.2, 0.25) is 0 Å². The van der Waals surface area contributed by atoms with Gasteiger partial charge in [-0.3, -0.25) is 20.2 Å². The zero-order valence-corrected chi connectivity index (χ0v) is 8.34. The average Bonchev–Trinajstić information content (AvgIpc) is 2.16. The van der Waals surface area contributed by atoms with Crippen molar-refractivity contribution in [3.05, 3.63) is 44.0 Å². The Hall–Kier alpha value is -1.98. The quantitative estimate of drug-likeness (QED) is 0.566. The number of non-ortho nitro benzene ring substituents is 2. The molecule has 0 aromatic heterocycles. The van der Waals surface area contributed by atoms with Crippen LogP contribution in [0.5, 0.6) is 0 Å². The van der Waals surface area contributed by atoms with E-state index in [1.165, 1.54) is 12.1 Å². The zero-order chi connectivity index (χ0) is 11.6. The summed E-state index contributed by atoms with van der Waals surface area (Å²) < 4.78 is 0. The highest BCUT2D eigenvalue weighted by atomic mass is 16.6. The lowest BCUT2D eigenvalue weighted by molar-refractivity contribution is -0.394. The van der Waals surface area contributed by atoms with Crippen molar-refractivity contribution in [3.8, 4) is 0 Å². The highest BCUT2D eigenvalue weighted by Crippen LogP contribution is 2.26. The Bertz CT molecular complexity index is 382. The summed E-state index contributed by atoms with van der Waals surface area (Å²) in [5.41, 5.74) is 0.108. The Morgan fingerprint density at radius 1 is 1.00 bits per heavy atom. The molecule has 0 atom stereocenters. The van der Waals surface area contributed by atoms with Crippen LogP contribution in [0.4, 0.5) is 11.4 Å². The van der Waals surface area contributed by atoms with Crippen LogP contribution in [0.15, 0.2) is 18.2 Å². The van der Waals surface area contributed by atoms with E-state index < -0.39 is 9.85 Å². The third-order valence-corrected chi connectivity index (χ3v) is 2.01. The molecule has 1 aromatic carbocycles. The average molecular weight is 210 g/mol. The molecule has 0 radical (unpaired) electrons. The maximum atomic E-state index is 10.5. The van der Waals surface area contributed by atoms with Gasteiger partial charge in [-0.2, -0.15) is 0 Å². The Labute approximate surface area is 85.8 Å². The van der Waals surface area contributed by atoms with E-state index in [9.17, 15) is 20.2 Å². The predicted octanol–water partition coefficient (Wildman–Crippen LogP) is 2.63. The van der Waals surface area contributed by atoms with Crippen LogP contribution in [-0.2, 0) is 0 Å². The lowest BCUT2D eigenvalue weighted by Gasteiger charge is -2.04. The molecule has 0 heterocycles. The Morgan fingerprint density at radius 2 is 1.40 bits per heavy atom. The van der Waals surface area contributed by atoms with Gasteiger partial charge >= 0.3 is 0 Å². The maximum Gasteiger partial charge on any atom is 0.276 e. The summed E-state index contributed by atoms with van der Waals surface area (Å²) in [5.74, 6) is 0.0172. The molecule has 6 heteroatoms. The van der Waals surface area contributed by atoms with E-state index in [1.807, 2.05) is 13.8 Å². The van der Waals surface area contributed by atoms with Gasteiger partial charge < -0.3 is 0 Å². The number of nitrogens with zero attached hydrogens (tertiary/aromatic N) is 2. The summed E-state index contributed by atoms with van der Waals surface area (Å²) in [7, 11) is 0. The molecule has 0 aliphatic rings. The third-order valence-electron chi connectivity index (χ3n) is 2.01. The molecule has 0 saturated heterocycles. The molecule has 0 N–H and O–H groups in total. The summed E-state index contributed by atoms with van der Waals surface area (Å²) in [5, 5.41) is 21.1. The first-order chi connectivity index (χ1) is 6.91. The van der Waals surface area contributed by atoms with Crippen molar-refractivity contribution >= 4 is 11.4 Å². The molecule has 0 aliphatic heterocycles. The number of rotatable bonds is 3. The number of nitro benzene ring substituents is 2. The van der Waals surface area contributed by atoms with Gasteiger partial charge in [-0.25, -0.2) is 0 Å². The van der Waals surface area contributed by atoms with E-state index in [-0.39, 0.29) is 17.3 Å². The second-order valence-corrected chi connectivity index (χ2v) is 3.45. The normalized spacial score (nSPS) is 10.3. The smallest absolute Gasteiger partial charge is 0.258 e. The zero-order valence-electron chi connectivity index (χ0n) is 8.34. The van der Waals surface area contributed by atoms with Crippen LogP contribution in [0.25, 0.3) is 0 Å². The number of nitro groups is 2. The Morgan fingerprint density at radius 3 is 1.67 bits per heavy atom. The van der Waals surface area contributed by atoms with Gasteiger partial charge in [0.25, 0.3) is 11.4 Å². The second-order valence-electron chi connectivity index (χ2n) is 3.45. The molecule has 0 bridgehead atoms. The second kappa shape index (κ2) is 4.04. The maximum absolute atomic E-state index is 10.5. The van der Waals surface area contributed by atoms with Gasteiger partial charge in [0.1, 0.15) is 0 Å². The van der Waals surface area contributed by atoms with Crippen LogP contribution in [0.1, 0.15) is 25.3 Å². The van der Waals surface area contributed by atoms with Crippen molar-refractivity contribution in [1.82, 2.24) is 0 Å². The lowest BCUT2D eigenvalue weighted by Crippen LogP contribution is -1.96. The van der Waals surface area contributed by atoms with Crippen molar-refractivity contribution in [1.29, 1.82) is 0 Å². The van der Waals surface area contributed by atoms with Gasteiger partial charge in [-0.1, -0.05) is 13.8 Å². The van der Waals surface area contributed by atoms with Crippen LogP contribution in [0, 0.1) is 20.2 Å². The van der Waals surface area contributed by atoms with Gasteiger partial charge in [0.2, 0.25) is 0 Å². The Balaban J connectivity index is 3.32. The molecule has 0 saturated carbocycles. The molecule has 1 aromatic rings. The topological polar surface area (TPSA) is 86.3 Å². The van der Waals surface area contributed by atoms with Crippen LogP contribution in [0.3, 0.4) is 0 Å². The minimum atomic E-state index is -0.626. The first-order valence-corrected chi connectivity index (χ1v) is 4.35. The Kier molecular flexibility index (Phi) is 2.99. The number of hydrogen-bond donors (Lipinski definition) is 0. The van der Waals surface area contributed by atoms with Crippen LogP contribution >= 0.6 is 0 Å². The largest absolute Gasteiger partial charge is 0.276 e. The molecule has 0 unspecified atom stereocenters. The van der Waals surface area contributed by atoms with Crippen molar-refractivity contribution in [3.63, 3.8) is 0 Å².